The van der Waals surface area contributed by atoms with Crippen LogP contribution in [0.1, 0.15) is 6.42 Å². The number of nitrogens with zero attached hydrogens (tertiary/aromatic N) is 1. The standard InChI is InChI=1S/C7H12N2OS/c8-1-2-9-4-5-3-6(11-5)7(9)10/h5-6H,1-4,8H2. The number of rotatable bonds is 2. The van der Waals surface area contributed by atoms with E-state index >= 15 is 0 Å². The molecule has 1 amide bonds. The molecule has 0 aromatic rings. The van der Waals surface area contributed by atoms with Gasteiger partial charge in [0, 0.05) is 24.9 Å². The van der Waals surface area contributed by atoms with Crippen molar-refractivity contribution < 1.29 is 4.79 Å². The molecule has 4 heteroatoms. The lowest BCUT2D eigenvalue weighted by molar-refractivity contribution is -0.133. The van der Waals surface area contributed by atoms with Crippen molar-refractivity contribution in [2.45, 2.75) is 16.9 Å². The van der Waals surface area contributed by atoms with E-state index in [1.54, 1.807) is 0 Å². The van der Waals surface area contributed by atoms with Gasteiger partial charge in [-0.05, 0) is 6.42 Å². The first-order chi connectivity index (χ1) is 5.31. The normalized spacial score (nSPS) is 35.4. The molecule has 3 aliphatic heterocycles. The van der Waals surface area contributed by atoms with Crippen molar-refractivity contribution in [1.29, 1.82) is 0 Å². The number of piperidine rings is 1. The molecule has 11 heavy (non-hydrogen) atoms. The topological polar surface area (TPSA) is 46.3 Å². The van der Waals surface area contributed by atoms with Gasteiger partial charge in [0.05, 0.1) is 5.25 Å². The Bertz CT molecular complexity index is 179. The van der Waals surface area contributed by atoms with Crippen LogP contribution in [0.4, 0.5) is 0 Å². The van der Waals surface area contributed by atoms with Crippen LogP contribution in [0, 0.1) is 0 Å². The largest absolute Gasteiger partial charge is 0.339 e. The van der Waals surface area contributed by atoms with Crippen LogP contribution in [0.25, 0.3) is 0 Å². The highest BCUT2D eigenvalue weighted by Crippen LogP contribution is 2.41. The van der Waals surface area contributed by atoms with Crippen molar-refractivity contribution in [1.82, 2.24) is 4.90 Å². The highest BCUT2D eigenvalue weighted by molar-refractivity contribution is 8.02. The first-order valence-corrected chi connectivity index (χ1v) is 4.90. The monoisotopic (exact) mass is 172 g/mol. The van der Waals surface area contributed by atoms with Crippen molar-refractivity contribution in [3.05, 3.63) is 0 Å². The van der Waals surface area contributed by atoms with Gasteiger partial charge in [-0.1, -0.05) is 0 Å². The molecule has 3 heterocycles. The summed E-state index contributed by atoms with van der Waals surface area (Å²) in [5, 5.41) is 0.990. The summed E-state index contributed by atoms with van der Waals surface area (Å²) in [4.78, 5) is 13.3. The van der Waals surface area contributed by atoms with Crippen molar-refractivity contribution in [2.75, 3.05) is 19.6 Å². The Labute approximate surface area is 70.3 Å². The molecule has 2 bridgehead atoms. The summed E-state index contributed by atoms with van der Waals surface area (Å²) < 4.78 is 0. The second-order valence-corrected chi connectivity index (χ2v) is 4.56. The van der Waals surface area contributed by atoms with Gasteiger partial charge in [-0.3, -0.25) is 4.79 Å². The fourth-order valence-electron chi connectivity index (χ4n) is 1.63. The number of carbonyl (C=O) groups excluding carboxylic acids is 1. The molecule has 0 aromatic carbocycles. The maximum Gasteiger partial charge on any atom is 0.235 e. The lowest BCUT2D eigenvalue weighted by Gasteiger charge is -2.45. The molecule has 3 rings (SSSR count). The molecule has 62 valence electrons. The van der Waals surface area contributed by atoms with Crippen LogP contribution in [0.3, 0.4) is 0 Å². The molecule has 3 saturated heterocycles. The van der Waals surface area contributed by atoms with Gasteiger partial charge < -0.3 is 10.6 Å². The van der Waals surface area contributed by atoms with Gasteiger partial charge in [0.15, 0.2) is 0 Å². The summed E-state index contributed by atoms with van der Waals surface area (Å²) in [6, 6.07) is 0. The fourth-order valence-corrected chi connectivity index (χ4v) is 2.92. The number of thioether (sulfide) groups is 1. The van der Waals surface area contributed by atoms with E-state index in [9.17, 15) is 4.79 Å². The molecule has 0 aromatic heterocycles. The summed E-state index contributed by atoms with van der Waals surface area (Å²) in [6.45, 7) is 2.26. The molecule has 0 radical (unpaired) electrons. The molecule has 3 fully saturated rings. The Balaban J connectivity index is 1.96. The van der Waals surface area contributed by atoms with E-state index in [1.165, 1.54) is 0 Å². The van der Waals surface area contributed by atoms with Crippen LogP contribution in [-0.4, -0.2) is 40.9 Å². The third-order valence-corrected chi connectivity index (χ3v) is 3.69. The first kappa shape index (κ1) is 7.43. The van der Waals surface area contributed by atoms with Gasteiger partial charge in [-0.25, -0.2) is 0 Å². The predicted octanol–water partition coefficient (Wildman–Crippen LogP) is -0.339. The number of nitrogens with two attached hydrogens (primary N) is 1. The van der Waals surface area contributed by atoms with Gasteiger partial charge in [0.2, 0.25) is 5.91 Å². The van der Waals surface area contributed by atoms with E-state index in [-0.39, 0.29) is 5.25 Å². The van der Waals surface area contributed by atoms with Gasteiger partial charge in [0.25, 0.3) is 0 Å². The molecule has 3 nitrogen and oxygen atoms in total. The molecule has 0 aliphatic carbocycles. The fraction of sp³-hybridized carbons (Fsp3) is 0.857. The Morgan fingerprint density at radius 1 is 1.73 bits per heavy atom. The van der Waals surface area contributed by atoms with Crippen LogP contribution in [0.5, 0.6) is 0 Å². The minimum absolute atomic E-state index is 0.278. The van der Waals surface area contributed by atoms with E-state index in [2.05, 4.69) is 0 Å². The zero-order valence-electron chi connectivity index (χ0n) is 6.32. The molecule has 2 N–H and O–H groups in total. The molecule has 0 spiro atoms. The summed E-state index contributed by atoms with van der Waals surface area (Å²) in [7, 11) is 0. The molecule has 2 unspecified atom stereocenters. The maximum absolute atomic E-state index is 11.4. The third-order valence-electron chi connectivity index (χ3n) is 2.24. The van der Waals surface area contributed by atoms with E-state index in [0.29, 0.717) is 17.7 Å². The molecule has 2 atom stereocenters. The van der Waals surface area contributed by atoms with Crippen LogP contribution in [0.2, 0.25) is 0 Å². The van der Waals surface area contributed by atoms with E-state index in [0.717, 1.165) is 19.5 Å². The number of hydrogen-bond acceptors (Lipinski definition) is 3. The Kier molecular flexibility index (Phi) is 1.81. The molecule has 3 aliphatic rings. The van der Waals surface area contributed by atoms with Crippen molar-refractivity contribution in [3.8, 4) is 0 Å². The van der Waals surface area contributed by atoms with Gasteiger partial charge in [-0.15, -0.1) is 11.8 Å². The SMILES string of the molecule is NCCN1CC2CC(S2)C1=O. The van der Waals surface area contributed by atoms with Crippen LogP contribution in [0.15, 0.2) is 0 Å². The van der Waals surface area contributed by atoms with E-state index < -0.39 is 0 Å². The smallest absolute Gasteiger partial charge is 0.235 e. The van der Waals surface area contributed by atoms with E-state index in [4.69, 9.17) is 5.73 Å². The summed E-state index contributed by atoms with van der Waals surface area (Å²) in [5.74, 6) is 0.308. The number of carbonyl (C=O) groups is 1. The van der Waals surface area contributed by atoms with Crippen molar-refractivity contribution in [2.24, 2.45) is 5.73 Å². The first-order valence-electron chi connectivity index (χ1n) is 3.95. The zero-order chi connectivity index (χ0) is 7.84. The highest BCUT2D eigenvalue weighted by atomic mass is 32.2. The summed E-state index contributed by atoms with van der Waals surface area (Å²) >= 11 is 1.82. The summed E-state index contributed by atoms with van der Waals surface area (Å²) in [6.07, 6.45) is 1.10. The second-order valence-electron chi connectivity index (χ2n) is 3.06. The molecule has 0 saturated carbocycles. The number of amides is 1. The quantitative estimate of drug-likeness (QED) is 0.620. The second kappa shape index (κ2) is 2.68. The molecular weight excluding hydrogens is 160 g/mol. The van der Waals surface area contributed by atoms with Crippen LogP contribution in [-0.2, 0) is 4.79 Å². The van der Waals surface area contributed by atoms with Crippen molar-refractivity contribution in [3.63, 3.8) is 0 Å². The average Bonchev–Trinajstić information content (AvgIpc) is 1.90. The van der Waals surface area contributed by atoms with Gasteiger partial charge in [-0.2, -0.15) is 0 Å². The number of hydrogen-bond donors (Lipinski definition) is 1. The Morgan fingerprint density at radius 3 is 3.00 bits per heavy atom. The van der Waals surface area contributed by atoms with Gasteiger partial charge in [0.1, 0.15) is 0 Å². The van der Waals surface area contributed by atoms with Crippen molar-refractivity contribution >= 4 is 17.7 Å². The number of fused-ring (bicyclic) bond motifs is 2. The average molecular weight is 172 g/mol. The third kappa shape index (κ3) is 1.14. The Hall–Kier alpha value is -0.220. The lowest BCUT2D eigenvalue weighted by Crippen LogP contribution is -2.56. The Morgan fingerprint density at radius 2 is 2.45 bits per heavy atom. The minimum atomic E-state index is 0.278. The molecular formula is C7H12N2OS. The zero-order valence-corrected chi connectivity index (χ0v) is 7.14. The van der Waals surface area contributed by atoms with Crippen LogP contribution >= 0.6 is 11.8 Å². The van der Waals surface area contributed by atoms with Crippen LogP contribution < -0.4 is 5.73 Å². The minimum Gasteiger partial charge on any atom is -0.339 e. The van der Waals surface area contributed by atoms with Gasteiger partial charge >= 0.3 is 0 Å². The lowest BCUT2D eigenvalue weighted by atomic mass is 10.1. The predicted molar refractivity (Wildman–Crippen MR) is 45.4 cm³/mol. The maximum atomic E-state index is 11.4. The summed E-state index contributed by atoms with van der Waals surface area (Å²) in [5.41, 5.74) is 5.38. The van der Waals surface area contributed by atoms with E-state index in [1.807, 2.05) is 16.7 Å². The highest BCUT2D eigenvalue weighted by Gasteiger charge is 2.43.